The van der Waals surface area contributed by atoms with Crippen molar-refractivity contribution in [1.29, 1.82) is 0 Å². The number of hydrogen-bond donors (Lipinski definition) is 1. The molecule has 0 bridgehead atoms. The summed E-state index contributed by atoms with van der Waals surface area (Å²) < 4.78 is 33.9. The topological polar surface area (TPSA) is 58.6 Å². The summed E-state index contributed by atoms with van der Waals surface area (Å²) in [7, 11) is -3.50. The highest BCUT2D eigenvalue weighted by atomic mass is 32.2. The first-order valence-electron chi connectivity index (χ1n) is 9.67. The Balaban J connectivity index is 1.39. The zero-order valence-corrected chi connectivity index (χ0v) is 16.5. The molecule has 0 spiro atoms. The van der Waals surface area contributed by atoms with Crippen molar-refractivity contribution in [2.45, 2.75) is 43.5 Å². The molecule has 0 amide bonds. The zero-order chi connectivity index (χ0) is 18.9. The van der Waals surface area contributed by atoms with Gasteiger partial charge in [0.2, 0.25) is 10.0 Å². The maximum absolute atomic E-state index is 12.8. The molecule has 2 aliphatic heterocycles. The van der Waals surface area contributed by atoms with E-state index in [4.69, 9.17) is 4.74 Å². The number of nitrogens with zero attached hydrogens (tertiary/aromatic N) is 1. The van der Waals surface area contributed by atoms with E-state index >= 15 is 0 Å². The van der Waals surface area contributed by atoms with E-state index in [-0.39, 0.29) is 6.04 Å². The molecule has 0 aromatic heterocycles. The van der Waals surface area contributed by atoms with Gasteiger partial charge in [-0.25, -0.2) is 13.1 Å². The van der Waals surface area contributed by atoms with Gasteiger partial charge >= 0.3 is 0 Å². The number of nitrogens with one attached hydrogen (secondary N) is 1. The maximum atomic E-state index is 12.8. The minimum absolute atomic E-state index is 0.0230. The number of sulfonamides is 1. The van der Waals surface area contributed by atoms with E-state index in [0.717, 1.165) is 50.1 Å². The fourth-order valence-corrected chi connectivity index (χ4v) is 5.20. The fraction of sp³-hybridized carbons (Fsp3) is 0.429. The van der Waals surface area contributed by atoms with Crippen molar-refractivity contribution in [2.24, 2.45) is 0 Å². The van der Waals surface area contributed by atoms with Crippen LogP contribution in [0.5, 0.6) is 5.75 Å². The third-order valence-corrected chi connectivity index (χ3v) is 6.99. The number of anilines is 1. The average Bonchev–Trinajstić information content (AvgIpc) is 3.16. The second-order valence-electron chi connectivity index (χ2n) is 7.27. The van der Waals surface area contributed by atoms with Crippen molar-refractivity contribution < 1.29 is 13.2 Å². The summed E-state index contributed by atoms with van der Waals surface area (Å²) in [6.45, 7) is 4.51. The van der Waals surface area contributed by atoms with Crippen molar-refractivity contribution in [3.8, 4) is 5.75 Å². The quantitative estimate of drug-likeness (QED) is 0.858. The molecule has 0 unspecified atom stereocenters. The molecule has 2 aromatic carbocycles. The molecule has 0 saturated carbocycles. The van der Waals surface area contributed by atoms with Gasteiger partial charge in [0.1, 0.15) is 5.75 Å². The van der Waals surface area contributed by atoms with Crippen LogP contribution in [0.3, 0.4) is 0 Å². The molecule has 27 heavy (non-hydrogen) atoms. The highest BCUT2D eigenvalue weighted by Crippen LogP contribution is 2.28. The van der Waals surface area contributed by atoms with Crippen LogP contribution in [0.25, 0.3) is 0 Å². The predicted molar refractivity (Wildman–Crippen MR) is 107 cm³/mol. The van der Waals surface area contributed by atoms with E-state index in [9.17, 15) is 8.42 Å². The monoisotopic (exact) mass is 386 g/mol. The molecule has 1 fully saturated rings. The van der Waals surface area contributed by atoms with Gasteiger partial charge in [-0.15, -0.1) is 0 Å². The first-order chi connectivity index (χ1) is 13.0. The highest BCUT2D eigenvalue weighted by molar-refractivity contribution is 7.89. The number of fused-ring (bicyclic) bond motifs is 1. The minimum Gasteiger partial charge on any atom is -0.493 e. The molecule has 4 rings (SSSR count). The Bertz CT molecular complexity index is 919. The van der Waals surface area contributed by atoms with Gasteiger partial charge in [0.15, 0.2) is 0 Å². The van der Waals surface area contributed by atoms with Crippen LogP contribution in [0.1, 0.15) is 30.9 Å². The molecule has 0 aliphatic carbocycles. The van der Waals surface area contributed by atoms with Crippen LogP contribution in [0.2, 0.25) is 0 Å². The summed E-state index contributed by atoms with van der Waals surface area (Å²) >= 11 is 0. The minimum atomic E-state index is -3.50. The largest absolute Gasteiger partial charge is 0.493 e. The molecular weight excluding hydrogens is 360 g/mol. The van der Waals surface area contributed by atoms with Crippen molar-refractivity contribution in [2.75, 3.05) is 24.6 Å². The first kappa shape index (κ1) is 18.3. The van der Waals surface area contributed by atoms with Crippen LogP contribution >= 0.6 is 0 Å². The number of hydrogen-bond acceptors (Lipinski definition) is 4. The lowest BCUT2D eigenvalue weighted by atomic mass is 10.0. The molecule has 0 atom stereocenters. The highest BCUT2D eigenvalue weighted by Gasteiger charge is 2.26. The molecule has 5 nitrogen and oxygen atoms in total. The summed E-state index contributed by atoms with van der Waals surface area (Å²) in [4.78, 5) is 2.68. The van der Waals surface area contributed by atoms with Gasteiger partial charge in [-0.05, 0) is 60.7 Å². The summed E-state index contributed by atoms with van der Waals surface area (Å²) in [5, 5.41) is 0. The summed E-state index contributed by atoms with van der Waals surface area (Å²) in [5.74, 6) is 0.802. The third kappa shape index (κ3) is 3.96. The van der Waals surface area contributed by atoms with E-state index in [0.29, 0.717) is 11.5 Å². The van der Waals surface area contributed by atoms with Crippen molar-refractivity contribution in [1.82, 2.24) is 4.72 Å². The number of piperidine rings is 1. The molecule has 1 saturated heterocycles. The maximum Gasteiger partial charge on any atom is 0.240 e. The number of ether oxygens (including phenoxy) is 1. The Hall–Kier alpha value is -2.05. The van der Waals surface area contributed by atoms with Crippen LogP contribution in [-0.2, 0) is 22.9 Å². The Kier molecular flexibility index (Phi) is 5.10. The van der Waals surface area contributed by atoms with E-state index in [1.54, 1.807) is 18.2 Å². The van der Waals surface area contributed by atoms with Crippen LogP contribution in [0.15, 0.2) is 47.4 Å². The lowest BCUT2D eigenvalue weighted by Crippen LogP contribution is -2.44. The Morgan fingerprint density at radius 3 is 2.74 bits per heavy atom. The van der Waals surface area contributed by atoms with Crippen molar-refractivity contribution >= 4 is 15.7 Å². The van der Waals surface area contributed by atoms with E-state index in [1.165, 1.54) is 11.3 Å². The van der Waals surface area contributed by atoms with Gasteiger partial charge in [-0.3, -0.25) is 0 Å². The predicted octanol–water partition coefficient (Wildman–Crippen LogP) is 3.13. The number of rotatable bonds is 5. The van der Waals surface area contributed by atoms with Gasteiger partial charge in [0.05, 0.1) is 11.5 Å². The number of benzene rings is 2. The second kappa shape index (κ2) is 7.52. The van der Waals surface area contributed by atoms with Crippen LogP contribution < -0.4 is 14.4 Å². The Morgan fingerprint density at radius 2 is 1.96 bits per heavy atom. The van der Waals surface area contributed by atoms with Crippen molar-refractivity contribution in [3.05, 3.63) is 53.6 Å². The Labute approximate surface area is 161 Å². The Morgan fingerprint density at radius 1 is 1.15 bits per heavy atom. The van der Waals surface area contributed by atoms with Gasteiger partial charge in [0, 0.05) is 31.2 Å². The second-order valence-corrected chi connectivity index (χ2v) is 8.99. The molecular formula is C21H26N2O3S. The molecule has 2 aliphatic rings. The lowest BCUT2D eigenvalue weighted by molar-refractivity contribution is 0.356. The first-order valence-corrected chi connectivity index (χ1v) is 11.2. The normalized spacial score (nSPS) is 17.6. The molecule has 144 valence electrons. The fourth-order valence-electron chi connectivity index (χ4n) is 3.85. The lowest BCUT2D eigenvalue weighted by Gasteiger charge is -2.34. The number of aryl methyl sites for hydroxylation is 1. The van der Waals surface area contributed by atoms with Gasteiger partial charge in [-0.2, -0.15) is 0 Å². The van der Waals surface area contributed by atoms with E-state index in [1.807, 2.05) is 0 Å². The summed E-state index contributed by atoms with van der Waals surface area (Å²) in [5.41, 5.74) is 3.54. The molecule has 6 heteroatoms. The average molecular weight is 387 g/mol. The SMILES string of the molecule is CCc1cccc(N2CCC(NS(=O)(=O)c3ccc4c(c3)CCO4)CC2)c1. The summed E-state index contributed by atoms with van der Waals surface area (Å²) in [6.07, 6.45) is 3.41. The third-order valence-electron chi connectivity index (χ3n) is 5.47. The van der Waals surface area contributed by atoms with Crippen LogP contribution in [-0.4, -0.2) is 34.2 Å². The molecule has 2 aromatic rings. The van der Waals surface area contributed by atoms with E-state index < -0.39 is 10.0 Å². The van der Waals surface area contributed by atoms with Crippen molar-refractivity contribution in [3.63, 3.8) is 0 Å². The van der Waals surface area contributed by atoms with Crippen LogP contribution in [0, 0.1) is 0 Å². The molecule has 2 heterocycles. The molecule has 1 N–H and O–H groups in total. The summed E-state index contributed by atoms with van der Waals surface area (Å²) in [6, 6.07) is 13.7. The van der Waals surface area contributed by atoms with Crippen LogP contribution in [0.4, 0.5) is 5.69 Å². The smallest absolute Gasteiger partial charge is 0.240 e. The molecule has 0 radical (unpaired) electrons. The van der Waals surface area contributed by atoms with Gasteiger partial charge < -0.3 is 9.64 Å². The van der Waals surface area contributed by atoms with Gasteiger partial charge in [0.25, 0.3) is 0 Å². The standard InChI is InChI=1S/C21H26N2O3S/c1-2-16-4-3-5-19(14-16)23-11-8-18(9-12-23)22-27(24,25)20-6-7-21-17(15-20)10-13-26-21/h3-7,14-15,18,22H,2,8-13H2,1H3. The van der Waals surface area contributed by atoms with E-state index in [2.05, 4.69) is 40.8 Å². The zero-order valence-electron chi connectivity index (χ0n) is 15.6. The van der Waals surface area contributed by atoms with Gasteiger partial charge in [-0.1, -0.05) is 19.1 Å².